The summed E-state index contributed by atoms with van der Waals surface area (Å²) >= 11 is 6.09. The van der Waals surface area contributed by atoms with E-state index in [0.717, 1.165) is 0 Å². The highest BCUT2D eigenvalue weighted by atomic mass is 35.5. The van der Waals surface area contributed by atoms with Gasteiger partial charge in [-0.3, -0.25) is 4.79 Å². The molecule has 0 saturated carbocycles. The Morgan fingerprint density at radius 2 is 2.21 bits per heavy atom. The van der Waals surface area contributed by atoms with Gasteiger partial charge in [0.1, 0.15) is 11.8 Å². The summed E-state index contributed by atoms with van der Waals surface area (Å²) in [5.41, 5.74) is 0.705. The number of carbonyl (C=O) groups excluding carboxylic acids is 1. The summed E-state index contributed by atoms with van der Waals surface area (Å²) in [4.78, 5) is 14.3. The molecule has 1 N–H and O–H groups in total. The highest BCUT2D eigenvalue weighted by Crippen LogP contribution is 2.27. The molecule has 1 aromatic carbocycles. The zero-order valence-corrected chi connectivity index (χ0v) is 15.7. The summed E-state index contributed by atoms with van der Waals surface area (Å²) in [5, 5.41) is 3.57. The number of hydrogen-bond acceptors (Lipinski definition) is 5. The molecule has 0 unspecified atom stereocenters. The molecule has 1 aliphatic heterocycles. The van der Waals surface area contributed by atoms with Crippen LogP contribution in [0.25, 0.3) is 0 Å². The number of benzene rings is 1. The van der Waals surface area contributed by atoms with Crippen molar-refractivity contribution in [3.05, 3.63) is 23.2 Å². The second-order valence-electron chi connectivity index (χ2n) is 5.90. The molecule has 0 bridgehead atoms. The first-order valence-corrected chi connectivity index (χ1v) is 10.1. The summed E-state index contributed by atoms with van der Waals surface area (Å²) in [6, 6.07) is 4.47. The molecule has 1 heterocycles. The number of hydrogen-bond donors (Lipinski definition) is 1. The van der Waals surface area contributed by atoms with Crippen molar-refractivity contribution in [2.75, 3.05) is 30.5 Å². The van der Waals surface area contributed by atoms with Crippen molar-refractivity contribution >= 4 is 33.0 Å². The number of rotatable bonds is 6. The van der Waals surface area contributed by atoms with Gasteiger partial charge in [-0.25, -0.2) is 8.42 Å². The molecule has 1 aromatic rings. The fourth-order valence-electron chi connectivity index (χ4n) is 2.93. The molecule has 0 spiro atoms. The lowest BCUT2D eigenvalue weighted by Gasteiger charge is -2.30. The molecule has 6 nitrogen and oxygen atoms in total. The number of halogens is 1. The molecular weight excluding hydrogens is 352 g/mol. The van der Waals surface area contributed by atoms with E-state index in [4.69, 9.17) is 16.3 Å². The van der Waals surface area contributed by atoms with Crippen molar-refractivity contribution in [2.24, 2.45) is 0 Å². The lowest BCUT2D eigenvalue weighted by atomic mass is 10.1. The predicted octanol–water partition coefficient (Wildman–Crippen LogP) is 2.18. The molecule has 0 radical (unpaired) electrons. The van der Waals surface area contributed by atoms with E-state index in [2.05, 4.69) is 5.32 Å². The standard InChI is InChI=1S/C16H23ClN2O4S/c1-4-19(13-7-8-24(21,22)10-13)16(20)11(2)18-12-5-6-15(23-3)14(17)9-12/h5-6,9,11,13,18H,4,7-8,10H2,1-3H3/t11-,13+/m1/s1. The van der Waals surface area contributed by atoms with Crippen molar-refractivity contribution in [1.82, 2.24) is 4.90 Å². The average Bonchev–Trinajstić information content (AvgIpc) is 2.88. The van der Waals surface area contributed by atoms with E-state index in [1.165, 1.54) is 7.11 Å². The number of amides is 1. The maximum atomic E-state index is 12.7. The fraction of sp³-hybridized carbons (Fsp3) is 0.562. The first-order valence-electron chi connectivity index (χ1n) is 7.88. The van der Waals surface area contributed by atoms with Gasteiger partial charge in [0.15, 0.2) is 9.84 Å². The van der Waals surface area contributed by atoms with Gasteiger partial charge >= 0.3 is 0 Å². The third-order valence-electron chi connectivity index (χ3n) is 4.18. The monoisotopic (exact) mass is 374 g/mol. The lowest BCUT2D eigenvalue weighted by molar-refractivity contribution is -0.133. The van der Waals surface area contributed by atoms with Crippen LogP contribution in [0.3, 0.4) is 0 Å². The van der Waals surface area contributed by atoms with E-state index in [0.29, 0.717) is 29.4 Å². The second-order valence-corrected chi connectivity index (χ2v) is 8.53. The zero-order valence-electron chi connectivity index (χ0n) is 14.1. The SMILES string of the molecule is CCN(C(=O)[C@@H](C)Nc1ccc(OC)c(Cl)c1)[C@H]1CCS(=O)(=O)C1. The summed E-state index contributed by atoms with van der Waals surface area (Å²) in [7, 11) is -1.49. The second kappa shape index (κ2) is 7.61. The number of nitrogens with zero attached hydrogens (tertiary/aromatic N) is 1. The van der Waals surface area contributed by atoms with E-state index in [9.17, 15) is 13.2 Å². The third kappa shape index (κ3) is 4.33. The van der Waals surface area contributed by atoms with Gasteiger partial charge < -0.3 is 15.0 Å². The Morgan fingerprint density at radius 1 is 1.50 bits per heavy atom. The largest absolute Gasteiger partial charge is 0.495 e. The molecule has 0 aliphatic carbocycles. The van der Waals surface area contributed by atoms with Gasteiger partial charge in [0.25, 0.3) is 0 Å². The Balaban J connectivity index is 2.06. The summed E-state index contributed by atoms with van der Waals surface area (Å²) in [6.07, 6.45) is 0.503. The smallest absolute Gasteiger partial charge is 0.245 e. The maximum absolute atomic E-state index is 12.7. The number of carbonyl (C=O) groups is 1. The molecule has 2 rings (SSSR count). The maximum Gasteiger partial charge on any atom is 0.245 e. The third-order valence-corrected chi connectivity index (χ3v) is 6.22. The van der Waals surface area contributed by atoms with Crippen LogP contribution in [0.5, 0.6) is 5.75 Å². The van der Waals surface area contributed by atoms with Crippen molar-refractivity contribution < 1.29 is 17.9 Å². The molecule has 0 aromatic heterocycles. The first-order chi connectivity index (χ1) is 11.3. The van der Waals surface area contributed by atoms with E-state index in [1.54, 1.807) is 30.0 Å². The van der Waals surface area contributed by atoms with Crippen molar-refractivity contribution in [1.29, 1.82) is 0 Å². The highest BCUT2D eigenvalue weighted by molar-refractivity contribution is 7.91. The fourth-order valence-corrected chi connectivity index (χ4v) is 4.92. The van der Waals surface area contributed by atoms with Gasteiger partial charge in [-0.15, -0.1) is 0 Å². The minimum Gasteiger partial charge on any atom is -0.495 e. The van der Waals surface area contributed by atoms with Gasteiger partial charge in [-0.2, -0.15) is 0 Å². The van der Waals surface area contributed by atoms with Crippen LogP contribution in [0, 0.1) is 0 Å². The Labute approximate surface area is 148 Å². The van der Waals surface area contributed by atoms with Crippen LogP contribution in [0.2, 0.25) is 5.02 Å². The van der Waals surface area contributed by atoms with Gasteiger partial charge in [0, 0.05) is 18.3 Å². The molecule has 1 amide bonds. The first kappa shape index (κ1) is 18.9. The van der Waals surface area contributed by atoms with Crippen LogP contribution >= 0.6 is 11.6 Å². The summed E-state index contributed by atoms with van der Waals surface area (Å²) in [6.45, 7) is 4.10. The van der Waals surface area contributed by atoms with Crippen molar-refractivity contribution in [2.45, 2.75) is 32.4 Å². The topological polar surface area (TPSA) is 75.7 Å². The number of sulfone groups is 1. The number of methoxy groups -OCH3 is 1. The molecule has 134 valence electrons. The number of likely N-dealkylation sites (N-methyl/N-ethyl adjacent to an activating group) is 1. The average molecular weight is 375 g/mol. The van der Waals surface area contributed by atoms with Gasteiger partial charge in [-0.05, 0) is 38.5 Å². The molecule has 2 atom stereocenters. The van der Waals surface area contributed by atoms with Crippen LogP contribution in [-0.2, 0) is 14.6 Å². The highest BCUT2D eigenvalue weighted by Gasteiger charge is 2.35. The van der Waals surface area contributed by atoms with E-state index < -0.39 is 15.9 Å². The van der Waals surface area contributed by atoms with Crippen LogP contribution in [0.4, 0.5) is 5.69 Å². The summed E-state index contributed by atoms with van der Waals surface area (Å²) < 4.78 is 28.4. The van der Waals surface area contributed by atoms with Crippen molar-refractivity contribution in [3.63, 3.8) is 0 Å². The van der Waals surface area contributed by atoms with Gasteiger partial charge in [0.2, 0.25) is 5.91 Å². The Kier molecular flexibility index (Phi) is 5.98. The number of ether oxygens (including phenoxy) is 1. The van der Waals surface area contributed by atoms with Gasteiger partial charge in [0.05, 0.1) is 23.6 Å². The van der Waals surface area contributed by atoms with E-state index >= 15 is 0 Å². The van der Waals surface area contributed by atoms with E-state index in [1.807, 2.05) is 6.92 Å². The Bertz CT molecular complexity index is 708. The molecule has 8 heteroatoms. The predicted molar refractivity (Wildman–Crippen MR) is 95.5 cm³/mol. The molecule has 1 saturated heterocycles. The van der Waals surface area contributed by atoms with Crippen molar-refractivity contribution in [3.8, 4) is 5.75 Å². The van der Waals surface area contributed by atoms with E-state index in [-0.39, 0.29) is 23.5 Å². The Morgan fingerprint density at radius 3 is 2.71 bits per heavy atom. The number of nitrogens with one attached hydrogen (secondary N) is 1. The lowest BCUT2D eigenvalue weighted by Crippen LogP contribution is -2.47. The van der Waals surface area contributed by atoms with Crippen LogP contribution in [0.1, 0.15) is 20.3 Å². The molecule has 1 aliphatic rings. The van der Waals surface area contributed by atoms with Gasteiger partial charge in [-0.1, -0.05) is 11.6 Å². The summed E-state index contributed by atoms with van der Waals surface area (Å²) in [5.74, 6) is 0.643. The Hall–Kier alpha value is -1.47. The van der Waals surface area contributed by atoms with Crippen LogP contribution in [-0.4, -0.2) is 56.5 Å². The molecule has 1 fully saturated rings. The van der Waals surface area contributed by atoms with Crippen LogP contribution < -0.4 is 10.1 Å². The normalized spacial score (nSPS) is 20.4. The zero-order chi connectivity index (χ0) is 17.9. The minimum atomic E-state index is -3.03. The number of anilines is 1. The van der Waals surface area contributed by atoms with Crippen LogP contribution in [0.15, 0.2) is 18.2 Å². The quantitative estimate of drug-likeness (QED) is 0.826. The molecule has 24 heavy (non-hydrogen) atoms. The molecular formula is C16H23ClN2O4S. The minimum absolute atomic E-state index is 0.0493.